The number of hydrogen-bond acceptors (Lipinski definition) is 2. The van der Waals surface area contributed by atoms with E-state index in [1.165, 1.54) is 11.1 Å². The smallest absolute Gasteiger partial charge is 0.251 e. The van der Waals surface area contributed by atoms with E-state index in [4.69, 9.17) is 4.74 Å². The van der Waals surface area contributed by atoms with Crippen molar-refractivity contribution in [2.75, 3.05) is 6.61 Å². The van der Waals surface area contributed by atoms with Crippen molar-refractivity contribution in [2.45, 2.75) is 40.2 Å². The van der Waals surface area contributed by atoms with Crippen molar-refractivity contribution in [1.82, 2.24) is 5.32 Å². The van der Waals surface area contributed by atoms with Crippen LogP contribution >= 0.6 is 0 Å². The second-order valence-electron chi connectivity index (χ2n) is 6.55. The molecule has 0 spiro atoms. The van der Waals surface area contributed by atoms with Crippen LogP contribution in [-0.2, 0) is 0 Å². The van der Waals surface area contributed by atoms with Crippen LogP contribution in [0.3, 0.4) is 0 Å². The number of carbonyl (C=O) groups is 1. The van der Waals surface area contributed by atoms with Crippen LogP contribution in [0.25, 0.3) is 0 Å². The minimum Gasteiger partial charge on any atom is -0.489 e. The Hall–Kier alpha value is -2.55. The Balaban J connectivity index is 2.12. The summed E-state index contributed by atoms with van der Waals surface area (Å²) in [6, 6.07) is 13.6. The number of hydrogen-bond donors (Lipinski definition) is 1. The van der Waals surface area contributed by atoms with Gasteiger partial charge in [0.05, 0.1) is 6.04 Å². The fourth-order valence-corrected chi connectivity index (χ4v) is 2.58. The van der Waals surface area contributed by atoms with Gasteiger partial charge in [-0.25, -0.2) is 0 Å². The van der Waals surface area contributed by atoms with Crippen LogP contribution in [0.1, 0.15) is 53.4 Å². The predicted octanol–water partition coefficient (Wildman–Crippen LogP) is 5.14. The summed E-state index contributed by atoms with van der Waals surface area (Å²) < 4.78 is 5.62. The molecule has 0 fully saturated rings. The van der Waals surface area contributed by atoms with Gasteiger partial charge in [0.15, 0.2) is 0 Å². The van der Waals surface area contributed by atoms with Crippen LogP contribution < -0.4 is 10.1 Å². The molecule has 2 rings (SSSR count). The van der Waals surface area contributed by atoms with E-state index in [9.17, 15) is 4.79 Å². The third kappa shape index (κ3) is 5.21. The molecule has 3 heteroatoms. The van der Waals surface area contributed by atoms with Crippen molar-refractivity contribution < 1.29 is 9.53 Å². The predicted molar refractivity (Wildman–Crippen MR) is 103 cm³/mol. The first-order valence-electron chi connectivity index (χ1n) is 8.66. The molecule has 25 heavy (non-hydrogen) atoms. The third-order valence-electron chi connectivity index (χ3n) is 4.23. The fraction of sp³-hybridized carbons (Fsp3) is 0.318. The monoisotopic (exact) mass is 337 g/mol. The zero-order valence-corrected chi connectivity index (χ0v) is 15.6. The Labute approximate surface area is 150 Å². The maximum atomic E-state index is 12.6. The van der Waals surface area contributed by atoms with E-state index >= 15 is 0 Å². The summed E-state index contributed by atoms with van der Waals surface area (Å²) in [5, 5.41) is 3.13. The standard InChI is InChI=1S/C22H27NO2/c1-6-21(18-11-10-16(4)17(5)12-18)23-22(24)19-8-7-9-20(13-19)25-14-15(2)3/h7-13,21H,2,6,14H2,1,3-5H3,(H,23,24)/t21-/m1/s1. The number of nitrogens with one attached hydrogen (secondary N) is 1. The summed E-state index contributed by atoms with van der Waals surface area (Å²) in [6.07, 6.45) is 0.833. The Morgan fingerprint density at radius 2 is 1.92 bits per heavy atom. The molecule has 1 atom stereocenters. The maximum Gasteiger partial charge on any atom is 0.251 e. The second-order valence-corrected chi connectivity index (χ2v) is 6.55. The summed E-state index contributed by atoms with van der Waals surface area (Å²) in [5.41, 5.74) is 5.17. The van der Waals surface area contributed by atoms with Gasteiger partial charge in [-0.05, 0) is 67.7 Å². The highest BCUT2D eigenvalue weighted by Gasteiger charge is 2.15. The first-order valence-corrected chi connectivity index (χ1v) is 8.66. The second kappa shape index (κ2) is 8.52. The quantitative estimate of drug-likeness (QED) is 0.711. The molecule has 0 heterocycles. The Morgan fingerprint density at radius 1 is 1.16 bits per heavy atom. The molecule has 3 nitrogen and oxygen atoms in total. The molecule has 0 aliphatic heterocycles. The number of amides is 1. The first kappa shape index (κ1) is 18.8. The lowest BCUT2D eigenvalue weighted by Crippen LogP contribution is -2.28. The van der Waals surface area contributed by atoms with Crippen LogP contribution in [0.2, 0.25) is 0 Å². The molecule has 0 unspecified atom stereocenters. The van der Waals surface area contributed by atoms with E-state index in [1.54, 1.807) is 12.1 Å². The van der Waals surface area contributed by atoms with Gasteiger partial charge in [-0.15, -0.1) is 0 Å². The van der Waals surface area contributed by atoms with E-state index in [1.807, 2.05) is 19.1 Å². The molecular weight excluding hydrogens is 310 g/mol. The van der Waals surface area contributed by atoms with Gasteiger partial charge in [0.1, 0.15) is 12.4 Å². The summed E-state index contributed by atoms with van der Waals surface area (Å²) >= 11 is 0. The molecule has 0 aliphatic carbocycles. The number of carbonyl (C=O) groups excluding carboxylic acids is 1. The highest BCUT2D eigenvalue weighted by atomic mass is 16.5. The van der Waals surface area contributed by atoms with Crippen molar-refractivity contribution in [3.05, 3.63) is 76.9 Å². The van der Waals surface area contributed by atoms with E-state index in [0.29, 0.717) is 17.9 Å². The average molecular weight is 337 g/mol. The molecule has 1 N–H and O–H groups in total. The fourth-order valence-electron chi connectivity index (χ4n) is 2.58. The molecule has 0 aliphatic rings. The molecule has 132 valence electrons. The van der Waals surface area contributed by atoms with Crippen molar-refractivity contribution in [1.29, 1.82) is 0 Å². The van der Waals surface area contributed by atoms with Gasteiger partial charge in [0.2, 0.25) is 0 Å². The summed E-state index contributed by atoms with van der Waals surface area (Å²) in [5.74, 6) is 0.584. The van der Waals surface area contributed by atoms with Crippen molar-refractivity contribution in [3.8, 4) is 5.75 Å². The highest BCUT2D eigenvalue weighted by molar-refractivity contribution is 5.94. The molecule has 1 amide bonds. The van der Waals surface area contributed by atoms with Crippen molar-refractivity contribution >= 4 is 5.91 Å². The normalized spacial score (nSPS) is 11.7. The van der Waals surface area contributed by atoms with Gasteiger partial charge in [-0.2, -0.15) is 0 Å². The molecule has 0 bridgehead atoms. The molecule has 2 aromatic rings. The lowest BCUT2D eigenvalue weighted by atomic mass is 9.99. The number of benzene rings is 2. The Bertz CT molecular complexity index is 764. The van der Waals surface area contributed by atoms with Gasteiger partial charge in [-0.1, -0.05) is 37.8 Å². The average Bonchev–Trinajstić information content (AvgIpc) is 2.60. The molecule has 0 saturated heterocycles. The van der Waals surface area contributed by atoms with Crippen LogP contribution in [0, 0.1) is 13.8 Å². The van der Waals surface area contributed by atoms with E-state index in [0.717, 1.165) is 17.6 Å². The van der Waals surface area contributed by atoms with Crippen LogP contribution in [-0.4, -0.2) is 12.5 Å². The topological polar surface area (TPSA) is 38.3 Å². The van der Waals surface area contributed by atoms with E-state index < -0.39 is 0 Å². The van der Waals surface area contributed by atoms with Crippen LogP contribution in [0.4, 0.5) is 0 Å². The van der Waals surface area contributed by atoms with Gasteiger partial charge in [0, 0.05) is 5.56 Å². The lowest BCUT2D eigenvalue weighted by molar-refractivity contribution is 0.0935. The minimum atomic E-state index is -0.0918. The van der Waals surface area contributed by atoms with Crippen molar-refractivity contribution in [2.24, 2.45) is 0 Å². The van der Waals surface area contributed by atoms with Gasteiger partial charge >= 0.3 is 0 Å². The third-order valence-corrected chi connectivity index (χ3v) is 4.23. The number of rotatable bonds is 7. The molecule has 0 saturated carbocycles. The molecule has 2 aromatic carbocycles. The van der Waals surface area contributed by atoms with Gasteiger partial charge < -0.3 is 10.1 Å². The summed E-state index contributed by atoms with van der Waals surface area (Å²) in [4.78, 5) is 12.6. The number of ether oxygens (including phenoxy) is 1. The van der Waals surface area contributed by atoms with Gasteiger partial charge in [-0.3, -0.25) is 4.79 Å². The highest BCUT2D eigenvalue weighted by Crippen LogP contribution is 2.21. The van der Waals surface area contributed by atoms with Crippen LogP contribution in [0.5, 0.6) is 5.75 Å². The Kier molecular flexibility index (Phi) is 6.40. The van der Waals surface area contributed by atoms with E-state index in [2.05, 4.69) is 50.9 Å². The maximum absolute atomic E-state index is 12.6. The summed E-state index contributed by atoms with van der Waals surface area (Å²) in [7, 11) is 0. The molecule has 0 radical (unpaired) electrons. The first-order chi connectivity index (χ1) is 11.9. The molecule has 0 aromatic heterocycles. The molecular formula is C22H27NO2. The van der Waals surface area contributed by atoms with E-state index in [-0.39, 0.29) is 11.9 Å². The number of aryl methyl sites for hydroxylation is 2. The van der Waals surface area contributed by atoms with Gasteiger partial charge in [0.25, 0.3) is 5.91 Å². The van der Waals surface area contributed by atoms with Crippen LogP contribution in [0.15, 0.2) is 54.6 Å². The van der Waals surface area contributed by atoms with Crippen molar-refractivity contribution in [3.63, 3.8) is 0 Å². The largest absolute Gasteiger partial charge is 0.489 e. The zero-order valence-electron chi connectivity index (χ0n) is 15.6. The lowest BCUT2D eigenvalue weighted by Gasteiger charge is -2.19. The zero-order chi connectivity index (χ0) is 18.4. The Morgan fingerprint density at radius 3 is 2.56 bits per heavy atom. The summed E-state index contributed by atoms with van der Waals surface area (Å²) in [6.45, 7) is 12.4. The minimum absolute atomic E-state index is 0.00760. The SMILES string of the molecule is C=C(C)COc1cccc(C(=O)N[C@H](CC)c2ccc(C)c(C)c2)c1.